The smallest absolute Gasteiger partial charge is 0.222 e. The zero-order valence-corrected chi connectivity index (χ0v) is 14.2. The Morgan fingerprint density at radius 1 is 0.960 bits per heavy atom. The van der Waals surface area contributed by atoms with Gasteiger partial charge in [-0.3, -0.25) is 9.88 Å². The first-order valence-electron chi connectivity index (χ1n) is 8.65. The van der Waals surface area contributed by atoms with E-state index >= 15 is 0 Å². The van der Waals surface area contributed by atoms with Gasteiger partial charge in [0.15, 0.2) is 0 Å². The first-order valence-corrected chi connectivity index (χ1v) is 8.65. The SMILES string of the molecule is Nc1nc(N)c2cnc(Cc3ccc(CN4CCCC4)cc3)cc2n1. The van der Waals surface area contributed by atoms with Crippen LogP contribution in [0.4, 0.5) is 11.8 Å². The molecular weight excluding hydrogens is 312 g/mol. The maximum Gasteiger partial charge on any atom is 0.222 e. The van der Waals surface area contributed by atoms with E-state index in [0.717, 1.165) is 29.6 Å². The third kappa shape index (κ3) is 3.53. The second-order valence-electron chi connectivity index (χ2n) is 6.64. The Bertz CT molecular complexity index is 884. The van der Waals surface area contributed by atoms with Gasteiger partial charge in [-0.1, -0.05) is 24.3 Å². The summed E-state index contributed by atoms with van der Waals surface area (Å²) >= 11 is 0. The summed E-state index contributed by atoms with van der Waals surface area (Å²) in [4.78, 5) is 15.2. The number of nitrogens with zero attached hydrogens (tertiary/aromatic N) is 4. The Morgan fingerprint density at radius 3 is 2.44 bits per heavy atom. The summed E-state index contributed by atoms with van der Waals surface area (Å²) in [5, 5.41) is 0.735. The van der Waals surface area contributed by atoms with E-state index in [1.807, 2.05) is 6.07 Å². The van der Waals surface area contributed by atoms with Crippen LogP contribution in [0.5, 0.6) is 0 Å². The van der Waals surface area contributed by atoms with Gasteiger partial charge in [0.05, 0.1) is 10.9 Å². The maximum atomic E-state index is 5.87. The van der Waals surface area contributed by atoms with Gasteiger partial charge in [-0.25, -0.2) is 4.98 Å². The van der Waals surface area contributed by atoms with Crippen LogP contribution in [-0.2, 0) is 13.0 Å². The van der Waals surface area contributed by atoms with Gasteiger partial charge in [0.2, 0.25) is 5.95 Å². The minimum Gasteiger partial charge on any atom is -0.383 e. The lowest BCUT2D eigenvalue weighted by Gasteiger charge is -2.14. The van der Waals surface area contributed by atoms with Crippen LogP contribution >= 0.6 is 0 Å². The lowest BCUT2D eigenvalue weighted by Crippen LogP contribution is -2.18. The van der Waals surface area contributed by atoms with Crippen LogP contribution in [0.15, 0.2) is 36.5 Å². The van der Waals surface area contributed by atoms with Crippen LogP contribution < -0.4 is 11.5 Å². The molecule has 3 aromatic rings. The summed E-state index contributed by atoms with van der Waals surface area (Å²) in [7, 11) is 0. The van der Waals surface area contributed by atoms with Gasteiger partial charge < -0.3 is 11.5 Å². The van der Waals surface area contributed by atoms with Gasteiger partial charge >= 0.3 is 0 Å². The maximum absolute atomic E-state index is 5.87. The fraction of sp³-hybridized carbons (Fsp3) is 0.316. The molecule has 2 aromatic heterocycles. The average Bonchev–Trinajstić information content (AvgIpc) is 3.09. The molecule has 1 aliphatic heterocycles. The fourth-order valence-electron chi connectivity index (χ4n) is 3.38. The molecule has 25 heavy (non-hydrogen) atoms. The van der Waals surface area contributed by atoms with Gasteiger partial charge in [-0.2, -0.15) is 4.98 Å². The third-order valence-corrected chi connectivity index (χ3v) is 4.70. The van der Waals surface area contributed by atoms with Crippen LogP contribution in [0, 0.1) is 0 Å². The molecule has 1 aromatic carbocycles. The Balaban J connectivity index is 1.50. The molecule has 6 heteroatoms. The summed E-state index contributed by atoms with van der Waals surface area (Å²) in [6, 6.07) is 10.7. The molecule has 0 saturated carbocycles. The highest BCUT2D eigenvalue weighted by Gasteiger charge is 2.11. The van der Waals surface area contributed by atoms with Crippen LogP contribution in [0.25, 0.3) is 10.9 Å². The Hall–Kier alpha value is -2.73. The quantitative estimate of drug-likeness (QED) is 0.761. The predicted molar refractivity (Wildman–Crippen MR) is 99.9 cm³/mol. The lowest BCUT2D eigenvalue weighted by atomic mass is 10.1. The molecule has 1 fully saturated rings. The van der Waals surface area contributed by atoms with Crippen molar-refractivity contribution in [1.82, 2.24) is 19.9 Å². The highest BCUT2D eigenvalue weighted by molar-refractivity contribution is 5.88. The molecule has 4 N–H and O–H groups in total. The molecule has 0 atom stereocenters. The van der Waals surface area contributed by atoms with E-state index in [-0.39, 0.29) is 5.95 Å². The number of rotatable bonds is 4. The molecule has 0 radical (unpaired) electrons. The molecule has 4 rings (SSSR count). The number of aromatic nitrogens is 3. The molecule has 0 spiro atoms. The number of nitrogen functional groups attached to an aromatic ring is 2. The molecule has 6 nitrogen and oxygen atoms in total. The number of nitrogens with two attached hydrogens (primary N) is 2. The second-order valence-corrected chi connectivity index (χ2v) is 6.64. The monoisotopic (exact) mass is 334 g/mol. The topological polar surface area (TPSA) is 93.9 Å². The van der Waals surface area contributed by atoms with Crippen molar-refractivity contribution in [1.29, 1.82) is 0 Å². The van der Waals surface area contributed by atoms with E-state index in [1.165, 1.54) is 37.1 Å². The van der Waals surface area contributed by atoms with Crippen molar-refractivity contribution in [3.8, 4) is 0 Å². The molecule has 0 aliphatic carbocycles. The first-order chi connectivity index (χ1) is 12.2. The molecule has 1 aliphatic rings. The van der Waals surface area contributed by atoms with Gasteiger partial charge in [-0.15, -0.1) is 0 Å². The van der Waals surface area contributed by atoms with Crippen molar-refractivity contribution in [3.63, 3.8) is 0 Å². The summed E-state index contributed by atoms with van der Waals surface area (Å²) in [6.07, 6.45) is 5.12. The largest absolute Gasteiger partial charge is 0.383 e. The first kappa shape index (κ1) is 15.8. The zero-order valence-electron chi connectivity index (χ0n) is 14.2. The van der Waals surface area contributed by atoms with Crippen molar-refractivity contribution < 1.29 is 0 Å². The number of anilines is 2. The van der Waals surface area contributed by atoms with Crippen molar-refractivity contribution in [2.75, 3.05) is 24.6 Å². The van der Waals surface area contributed by atoms with Crippen LogP contribution in [0.2, 0.25) is 0 Å². The van der Waals surface area contributed by atoms with E-state index in [4.69, 9.17) is 11.5 Å². The zero-order chi connectivity index (χ0) is 17.2. The Kier molecular flexibility index (Phi) is 4.19. The molecule has 0 unspecified atom stereocenters. The van der Waals surface area contributed by atoms with Crippen molar-refractivity contribution in [3.05, 3.63) is 53.3 Å². The third-order valence-electron chi connectivity index (χ3n) is 4.70. The van der Waals surface area contributed by atoms with Gasteiger partial charge in [0, 0.05) is 24.9 Å². The van der Waals surface area contributed by atoms with Crippen LogP contribution in [0.3, 0.4) is 0 Å². The minimum atomic E-state index is 0.188. The number of likely N-dealkylation sites (tertiary alicyclic amines) is 1. The molecule has 0 bridgehead atoms. The molecule has 128 valence electrons. The van der Waals surface area contributed by atoms with E-state index in [1.54, 1.807) is 6.20 Å². The van der Waals surface area contributed by atoms with Crippen molar-refractivity contribution in [2.45, 2.75) is 25.8 Å². The normalized spacial score (nSPS) is 15.0. The fourth-order valence-corrected chi connectivity index (χ4v) is 3.38. The van der Waals surface area contributed by atoms with E-state index < -0.39 is 0 Å². The van der Waals surface area contributed by atoms with E-state index in [2.05, 4.69) is 44.1 Å². The van der Waals surface area contributed by atoms with E-state index in [9.17, 15) is 0 Å². The number of benzene rings is 1. The molecule has 0 amide bonds. The molecular formula is C19H22N6. The summed E-state index contributed by atoms with van der Waals surface area (Å²) in [5.41, 5.74) is 15.8. The van der Waals surface area contributed by atoms with Crippen molar-refractivity contribution >= 4 is 22.7 Å². The highest BCUT2D eigenvalue weighted by Crippen LogP contribution is 2.20. The summed E-state index contributed by atoms with van der Waals surface area (Å²) in [5.74, 6) is 0.557. The number of hydrogen-bond donors (Lipinski definition) is 2. The number of hydrogen-bond acceptors (Lipinski definition) is 6. The Morgan fingerprint density at radius 2 is 1.68 bits per heavy atom. The Labute approximate surface area is 146 Å². The number of fused-ring (bicyclic) bond motifs is 1. The lowest BCUT2D eigenvalue weighted by molar-refractivity contribution is 0.331. The van der Waals surface area contributed by atoms with Gasteiger partial charge in [0.25, 0.3) is 0 Å². The van der Waals surface area contributed by atoms with Crippen LogP contribution in [-0.4, -0.2) is 32.9 Å². The standard InChI is InChI=1S/C19H22N6/c20-18-16-11-22-15(10-17(16)23-19(21)24-18)9-13-3-5-14(6-4-13)12-25-7-1-2-8-25/h3-6,10-11H,1-2,7-9,12H2,(H4,20,21,23,24). The molecule has 3 heterocycles. The van der Waals surface area contributed by atoms with Gasteiger partial charge in [-0.05, 0) is 43.1 Å². The molecule has 1 saturated heterocycles. The predicted octanol–water partition coefficient (Wildman–Crippen LogP) is 2.38. The average molecular weight is 334 g/mol. The van der Waals surface area contributed by atoms with Gasteiger partial charge in [0.1, 0.15) is 5.82 Å². The minimum absolute atomic E-state index is 0.188. The van der Waals surface area contributed by atoms with Crippen molar-refractivity contribution in [2.24, 2.45) is 0 Å². The number of pyridine rings is 1. The second kappa shape index (κ2) is 6.64. The highest BCUT2D eigenvalue weighted by atomic mass is 15.1. The summed E-state index contributed by atoms with van der Waals surface area (Å²) < 4.78 is 0. The summed E-state index contributed by atoms with van der Waals surface area (Å²) in [6.45, 7) is 3.48. The van der Waals surface area contributed by atoms with E-state index in [0.29, 0.717) is 5.82 Å². The van der Waals surface area contributed by atoms with Crippen LogP contribution in [0.1, 0.15) is 29.7 Å².